The second-order valence-electron chi connectivity index (χ2n) is 5.17. The Bertz CT molecular complexity index is 716. The molecule has 0 amide bonds. The van der Waals surface area contributed by atoms with E-state index in [0.29, 0.717) is 0 Å². The molecular weight excluding hydrogens is 308 g/mol. The largest absolute Gasteiger partial charge is 0.194 e. The van der Waals surface area contributed by atoms with Gasteiger partial charge in [-0.15, -0.1) is 0 Å². The molecule has 110 valence electrons. The lowest BCUT2D eigenvalue weighted by Gasteiger charge is -2.09. The highest BCUT2D eigenvalue weighted by Crippen LogP contribution is 2.25. The number of hydrogen-bond acceptors (Lipinski definition) is 4. The topological polar surface area (TPSA) is 24.7 Å². The molecule has 0 aliphatic rings. The highest BCUT2D eigenvalue weighted by molar-refractivity contribution is 7.78. The summed E-state index contributed by atoms with van der Waals surface area (Å²) in [5.74, 6) is 0. The Morgan fingerprint density at radius 2 is 1.18 bits per heavy atom. The Morgan fingerprint density at radius 1 is 0.773 bits per heavy atom. The molecule has 0 radical (unpaired) electrons. The van der Waals surface area contributed by atoms with Gasteiger partial charge in [-0.25, -0.2) is 0 Å². The van der Waals surface area contributed by atoms with E-state index < -0.39 is 0 Å². The summed E-state index contributed by atoms with van der Waals surface area (Å²) in [5.41, 5.74) is 6.51. The molecule has 0 spiro atoms. The van der Waals surface area contributed by atoms with Crippen molar-refractivity contribution in [3.63, 3.8) is 0 Å². The zero-order valence-electron chi connectivity index (χ0n) is 12.6. The molecule has 0 atom stereocenters. The first-order valence-electron chi connectivity index (χ1n) is 6.99. The second kappa shape index (κ2) is 7.88. The van der Waals surface area contributed by atoms with E-state index >= 15 is 0 Å². The van der Waals surface area contributed by atoms with E-state index in [1.165, 1.54) is 11.1 Å². The predicted molar refractivity (Wildman–Crippen MR) is 99.1 cm³/mol. The van der Waals surface area contributed by atoms with E-state index in [1.807, 2.05) is 24.3 Å². The van der Waals surface area contributed by atoms with E-state index in [1.54, 1.807) is 0 Å². The molecule has 4 heteroatoms. The van der Waals surface area contributed by atoms with Gasteiger partial charge in [0.25, 0.3) is 0 Å². The quantitative estimate of drug-likeness (QED) is 0.531. The fraction of sp³-hybridized carbons (Fsp3) is 0.222. The monoisotopic (exact) mass is 324 g/mol. The predicted octanol–water partition coefficient (Wildman–Crippen LogP) is 5.56. The van der Waals surface area contributed by atoms with Gasteiger partial charge in [-0.3, -0.25) is 0 Å². The number of isothiocyanates is 2. The third-order valence-corrected chi connectivity index (χ3v) is 3.65. The van der Waals surface area contributed by atoms with Gasteiger partial charge in [-0.1, -0.05) is 35.4 Å². The summed E-state index contributed by atoms with van der Waals surface area (Å²) >= 11 is 9.45. The van der Waals surface area contributed by atoms with Crippen molar-refractivity contribution < 1.29 is 0 Å². The average molecular weight is 324 g/mol. The van der Waals surface area contributed by atoms with Crippen LogP contribution in [-0.4, -0.2) is 10.3 Å². The molecule has 2 aromatic carbocycles. The van der Waals surface area contributed by atoms with Crippen LogP contribution in [0.5, 0.6) is 0 Å². The van der Waals surface area contributed by atoms with Gasteiger partial charge in [-0.2, -0.15) is 9.98 Å². The van der Waals surface area contributed by atoms with Crippen molar-refractivity contribution in [3.05, 3.63) is 58.7 Å². The molecule has 0 aliphatic carbocycles. The summed E-state index contributed by atoms with van der Waals surface area (Å²) in [6, 6.07) is 12.3. The summed E-state index contributed by atoms with van der Waals surface area (Å²) in [6.45, 7) is 4.14. The molecule has 2 nitrogen and oxygen atoms in total. The minimum atomic E-state index is 0.862. The number of rotatable bonds is 5. The maximum absolute atomic E-state index is 4.72. The van der Waals surface area contributed by atoms with Gasteiger partial charge >= 0.3 is 0 Å². The van der Waals surface area contributed by atoms with Gasteiger partial charge in [0, 0.05) is 0 Å². The SMILES string of the molecule is Cc1ccc(N=C=S)c(CCc2cc(C)ccc2N=C=S)c1. The lowest BCUT2D eigenvalue weighted by Crippen LogP contribution is -1.94. The summed E-state index contributed by atoms with van der Waals surface area (Å²) in [4.78, 5) is 8.30. The standard InChI is InChI=1S/C18H16N2S2/c1-13-3-7-17(19-11-21)15(9-13)5-6-16-10-14(2)4-8-18(16)20-12-22/h3-4,7-10H,5-6H2,1-2H3. The van der Waals surface area contributed by atoms with Crippen LogP contribution in [0.1, 0.15) is 22.3 Å². The number of thiocarbonyl (C=S) groups is 2. The molecule has 0 fully saturated rings. The van der Waals surface area contributed by atoms with Crippen LogP contribution < -0.4 is 0 Å². The molecule has 2 rings (SSSR count). The van der Waals surface area contributed by atoms with Crippen molar-refractivity contribution in [2.24, 2.45) is 9.98 Å². The van der Waals surface area contributed by atoms with Crippen LogP contribution in [0.25, 0.3) is 0 Å². The third kappa shape index (κ3) is 4.27. The molecule has 0 heterocycles. The minimum Gasteiger partial charge on any atom is -0.194 e. The maximum atomic E-state index is 4.72. The first-order valence-corrected chi connectivity index (χ1v) is 7.80. The Kier molecular flexibility index (Phi) is 5.88. The molecule has 22 heavy (non-hydrogen) atoms. The Labute approximate surface area is 141 Å². The molecule has 0 N–H and O–H groups in total. The summed E-state index contributed by atoms with van der Waals surface area (Å²) < 4.78 is 0. The normalized spacial score (nSPS) is 9.73. The number of hydrogen-bond donors (Lipinski definition) is 0. The Morgan fingerprint density at radius 3 is 1.55 bits per heavy atom. The number of aryl methyl sites for hydroxylation is 4. The fourth-order valence-corrected chi connectivity index (χ4v) is 2.61. The van der Waals surface area contributed by atoms with Crippen LogP contribution in [0.15, 0.2) is 46.4 Å². The zero-order chi connectivity index (χ0) is 15.9. The number of aliphatic imine (C=N–C) groups is 2. The van der Waals surface area contributed by atoms with Crippen LogP contribution in [0.3, 0.4) is 0 Å². The molecule has 2 aromatic rings. The highest BCUT2D eigenvalue weighted by Gasteiger charge is 2.06. The van der Waals surface area contributed by atoms with Gasteiger partial charge in [-0.05, 0) is 74.4 Å². The smallest absolute Gasteiger partial charge is 0.0771 e. The van der Waals surface area contributed by atoms with Gasteiger partial charge < -0.3 is 0 Å². The van der Waals surface area contributed by atoms with E-state index in [-0.39, 0.29) is 0 Å². The molecule has 0 saturated carbocycles. The third-order valence-electron chi connectivity index (χ3n) is 3.47. The van der Waals surface area contributed by atoms with Gasteiger partial charge in [0.1, 0.15) is 0 Å². The second-order valence-corrected chi connectivity index (χ2v) is 5.54. The van der Waals surface area contributed by atoms with Crippen LogP contribution in [0.2, 0.25) is 0 Å². The van der Waals surface area contributed by atoms with E-state index in [2.05, 4.69) is 46.3 Å². The Balaban J connectivity index is 2.30. The van der Waals surface area contributed by atoms with Crippen molar-refractivity contribution in [1.82, 2.24) is 0 Å². The van der Waals surface area contributed by atoms with E-state index in [9.17, 15) is 0 Å². The fourth-order valence-electron chi connectivity index (χ4n) is 2.41. The van der Waals surface area contributed by atoms with Crippen molar-refractivity contribution in [3.8, 4) is 0 Å². The minimum absolute atomic E-state index is 0.862. The molecule has 0 saturated heterocycles. The summed E-state index contributed by atoms with van der Waals surface area (Å²) in [6.07, 6.45) is 1.72. The lowest BCUT2D eigenvalue weighted by atomic mass is 9.99. The van der Waals surface area contributed by atoms with Crippen LogP contribution in [-0.2, 0) is 12.8 Å². The van der Waals surface area contributed by atoms with Crippen molar-refractivity contribution in [2.75, 3.05) is 0 Å². The Hall–Kier alpha value is -1.96. The molecule has 0 aliphatic heterocycles. The lowest BCUT2D eigenvalue weighted by molar-refractivity contribution is 0.955. The molecule has 0 unspecified atom stereocenters. The number of benzene rings is 2. The summed E-state index contributed by atoms with van der Waals surface area (Å²) in [7, 11) is 0. The van der Waals surface area contributed by atoms with Crippen molar-refractivity contribution in [2.45, 2.75) is 26.7 Å². The van der Waals surface area contributed by atoms with Gasteiger partial charge in [0.15, 0.2) is 0 Å². The van der Waals surface area contributed by atoms with Crippen LogP contribution in [0.4, 0.5) is 11.4 Å². The average Bonchev–Trinajstić information content (AvgIpc) is 2.50. The van der Waals surface area contributed by atoms with Crippen LogP contribution in [0, 0.1) is 13.8 Å². The summed E-state index contributed by atoms with van der Waals surface area (Å²) in [5, 5.41) is 4.90. The molecule has 0 aromatic heterocycles. The first kappa shape index (κ1) is 16.4. The molecule has 0 bridgehead atoms. The zero-order valence-corrected chi connectivity index (χ0v) is 14.2. The maximum Gasteiger partial charge on any atom is 0.0771 e. The first-order chi connectivity index (χ1) is 10.6. The van der Waals surface area contributed by atoms with E-state index in [4.69, 9.17) is 24.4 Å². The van der Waals surface area contributed by atoms with Gasteiger partial charge in [0.2, 0.25) is 0 Å². The number of nitrogens with zero attached hydrogens (tertiary/aromatic N) is 2. The van der Waals surface area contributed by atoms with Crippen LogP contribution >= 0.6 is 24.4 Å². The molecular formula is C18H16N2S2. The van der Waals surface area contributed by atoms with Crippen molar-refractivity contribution in [1.29, 1.82) is 0 Å². The van der Waals surface area contributed by atoms with Crippen molar-refractivity contribution >= 4 is 46.1 Å². The highest BCUT2D eigenvalue weighted by atomic mass is 32.1. The van der Waals surface area contributed by atoms with Gasteiger partial charge in [0.05, 0.1) is 21.7 Å². The van der Waals surface area contributed by atoms with E-state index in [0.717, 1.165) is 35.3 Å².